The van der Waals surface area contributed by atoms with Crippen molar-refractivity contribution in [2.24, 2.45) is 5.92 Å². The first-order valence-electron chi connectivity index (χ1n) is 7.48. The van der Waals surface area contributed by atoms with Gasteiger partial charge in [-0.15, -0.1) is 0 Å². The van der Waals surface area contributed by atoms with Crippen molar-refractivity contribution in [1.82, 2.24) is 10.2 Å². The van der Waals surface area contributed by atoms with Crippen LogP contribution in [0.15, 0.2) is 30.3 Å². The number of rotatable bonds is 4. The molecule has 0 radical (unpaired) electrons. The summed E-state index contributed by atoms with van der Waals surface area (Å²) >= 11 is 0. The number of carbonyl (C=O) groups is 1. The van der Waals surface area contributed by atoms with E-state index in [0.29, 0.717) is 5.92 Å². The van der Waals surface area contributed by atoms with Gasteiger partial charge in [-0.1, -0.05) is 12.1 Å². The summed E-state index contributed by atoms with van der Waals surface area (Å²) in [5, 5.41) is 3.17. The van der Waals surface area contributed by atoms with Crippen LogP contribution >= 0.6 is 0 Å². The van der Waals surface area contributed by atoms with E-state index in [4.69, 9.17) is 0 Å². The molecule has 1 amide bonds. The summed E-state index contributed by atoms with van der Waals surface area (Å²) in [6, 6.07) is 6.35. The van der Waals surface area contributed by atoms with Gasteiger partial charge in [0.1, 0.15) is 5.82 Å². The van der Waals surface area contributed by atoms with Crippen LogP contribution in [0, 0.1) is 11.7 Å². The number of carbonyl (C=O) groups excluding carboxylic acids is 1. The average Bonchev–Trinajstić information content (AvgIpc) is 2.48. The molecular formula is C17H23FN2O. The zero-order valence-electron chi connectivity index (χ0n) is 12.7. The van der Waals surface area contributed by atoms with Crippen molar-refractivity contribution in [2.45, 2.75) is 19.8 Å². The number of nitrogens with one attached hydrogen (secondary N) is 1. The number of benzene rings is 1. The molecular weight excluding hydrogens is 267 g/mol. The number of likely N-dealkylation sites (tertiary alicyclic amines) is 1. The molecule has 0 bridgehead atoms. The van der Waals surface area contributed by atoms with Gasteiger partial charge in [-0.25, -0.2) is 4.39 Å². The maximum atomic E-state index is 13.2. The fourth-order valence-electron chi connectivity index (χ4n) is 2.81. The van der Waals surface area contributed by atoms with Crippen molar-refractivity contribution in [2.75, 3.05) is 26.7 Å². The molecule has 4 heteroatoms. The Hall–Kier alpha value is -1.68. The molecule has 0 spiro atoms. The normalized spacial score (nSPS) is 19.7. The molecule has 1 aliphatic rings. The molecule has 0 saturated carbocycles. The van der Waals surface area contributed by atoms with Gasteiger partial charge in [0.05, 0.1) is 0 Å². The minimum absolute atomic E-state index is 0.0255. The second-order valence-corrected chi connectivity index (χ2v) is 5.69. The molecule has 21 heavy (non-hydrogen) atoms. The Morgan fingerprint density at radius 2 is 2.33 bits per heavy atom. The Morgan fingerprint density at radius 3 is 3.05 bits per heavy atom. The fraction of sp³-hybridized carbons (Fsp3) is 0.471. The Labute approximate surface area is 125 Å². The van der Waals surface area contributed by atoms with Gasteiger partial charge in [-0.05, 0) is 62.5 Å². The van der Waals surface area contributed by atoms with Gasteiger partial charge >= 0.3 is 0 Å². The number of piperidine rings is 1. The lowest BCUT2D eigenvalue weighted by Crippen LogP contribution is -2.41. The molecule has 1 aromatic carbocycles. The van der Waals surface area contributed by atoms with E-state index in [2.05, 4.69) is 5.32 Å². The maximum absolute atomic E-state index is 13.2. The van der Waals surface area contributed by atoms with Crippen molar-refractivity contribution in [1.29, 1.82) is 0 Å². The zero-order valence-corrected chi connectivity index (χ0v) is 12.7. The van der Waals surface area contributed by atoms with Crippen molar-refractivity contribution >= 4 is 11.5 Å². The molecule has 0 aliphatic carbocycles. The van der Waals surface area contributed by atoms with Crippen molar-refractivity contribution < 1.29 is 9.18 Å². The predicted molar refractivity (Wildman–Crippen MR) is 83.3 cm³/mol. The summed E-state index contributed by atoms with van der Waals surface area (Å²) < 4.78 is 13.2. The molecule has 1 heterocycles. The molecule has 1 N–H and O–H groups in total. The largest absolute Gasteiger partial charge is 0.339 e. The van der Waals surface area contributed by atoms with E-state index >= 15 is 0 Å². The fourth-order valence-corrected chi connectivity index (χ4v) is 2.81. The third-order valence-corrected chi connectivity index (χ3v) is 3.94. The molecule has 114 valence electrons. The standard InChI is InChI=1S/C17H23FN2O/c1-13(15-6-3-7-16(18)10-15)9-17(21)20-8-4-5-14(12-20)11-19-2/h3,6-7,9-10,14,19H,4-5,8,11-12H2,1-2H3/b13-9+/t14-/m0/s1. The van der Waals surface area contributed by atoms with Gasteiger partial charge in [0, 0.05) is 19.2 Å². The molecule has 2 rings (SSSR count). The van der Waals surface area contributed by atoms with E-state index in [1.54, 1.807) is 12.1 Å². The lowest BCUT2D eigenvalue weighted by molar-refractivity contribution is -0.127. The van der Waals surface area contributed by atoms with E-state index in [-0.39, 0.29) is 11.7 Å². The molecule has 1 fully saturated rings. The Bertz CT molecular complexity index is 525. The molecule has 0 unspecified atom stereocenters. The third kappa shape index (κ3) is 4.39. The smallest absolute Gasteiger partial charge is 0.246 e. The van der Waals surface area contributed by atoms with Crippen LogP contribution in [0.2, 0.25) is 0 Å². The summed E-state index contributed by atoms with van der Waals surface area (Å²) in [6.45, 7) is 4.40. The van der Waals surface area contributed by atoms with Gasteiger partial charge in [0.25, 0.3) is 0 Å². The first-order chi connectivity index (χ1) is 10.1. The lowest BCUT2D eigenvalue weighted by Gasteiger charge is -2.32. The Kier molecular flexibility index (Phi) is 5.51. The van der Waals surface area contributed by atoms with Crippen LogP contribution in [0.4, 0.5) is 4.39 Å². The number of allylic oxidation sites excluding steroid dienone is 1. The van der Waals surface area contributed by atoms with Crippen LogP contribution in [0.5, 0.6) is 0 Å². The SMILES string of the molecule is CNC[C@@H]1CCCN(C(=O)/C=C(\C)c2cccc(F)c2)C1. The summed E-state index contributed by atoms with van der Waals surface area (Å²) in [7, 11) is 1.94. The maximum Gasteiger partial charge on any atom is 0.246 e. The van der Waals surface area contributed by atoms with Gasteiger partial charge in [-0.3, -0.25) is 4.79 Å². The molecule has 0 aromatic heterocycles. The molecule has 1 atom stereocenters. The zero-order chi connectivity index (χ0) is 15.2. The number of hydrogen-bond acceptors (Lipinski definition) is 2. The van der Waals surface area contributed by atoms with Crippen molar-refractivity contribution in [3.05, 3.63) is 41.7 Å². The predicted octanol–water partition coefficient (Wildman–Crippen LogP) is 2.69. The molecule has 1 saturated heterocycles. The monoisotopic (exact) mass is 290 g/mol. The summed E-state index contributed by atoms with van der Waals surface area (Å²) in [5.74, 6) is 0.271. The average molecular weight is 290 g/mol. The highest BCUT2D eigenvalue weighted by molar-refractivity contribution is 5.94. The molecule has 3 nitrogen and oxygen atoms in total. The summed E-state index contributed by atoms with van der Waals surface area (Å²) in [5.41, 5.74) is 1.56. The number of hydrogen-bond donors (Lipinski definition) is 1. The van der Waals surface area contributed by atoms with Crippen LogP contribution in [0.1, 0.15) is 25.3 Å². The number of halogens is 1. The third-order valence-electron chi connectivity index (χ3n) is 3.94. The van der Waals surface area contributed by atoms with Gasteiger partial charge in [0.2, 0.25) is 5.91 Å². The van der Waals surface area contributed by atoms with Gasteiger partial charge in [-0.2, -0.15) is 0 Å². The van der Waals surface area contributed by atoms with E-state index in [1.807, 2.05) is 24.9 Å². The van der Waals surface area contributed by atoms with E-state index in [0.717, 1.165) is 43.6 Å². The highest BCUT2D eigenvalue weighted by Gasteiger charge is 2.22. The van der Waals surface area contributed by atoms with Crippen LogP contribution in [-0.2, 0) is 4.79 Å². The Morgan fingerprint density at radius 1 is 1.52 bits per heavy atom. The number of amides is 1. The second-order valence-electron chi connectivity index (χ2n) is 5.69. The highest BCUT2D eigenvalue weighted by atomic mass is 19.1. The minimum Gasteiger partial charge on any atom is -0.339 e. The quantitative estimate of drug-likeness (QED) is 0.865. The van der Waals surface area contributed by atoms with Gasteiger partial charge < -0.3 is 10.2 Å². The van der Waals surface area contributed by atoms with Crippen LogP contribution in [-0.4, -0.2) is 37.5 Å². The van der Waals surface area contributed by atoms with Crippen LogP contribution in [0.3, 0.4) is 0 Å². The molecule has 1 aromatic rings. The van der Waals surface area contributed by atoms with Gasteiger partial charge in [0.15, 0.2) is 0 Å². The van der Waals surface area contributed by atoms with E-state index < -0.39 is 0 Å². The highest BCUT2D eigenvalue weighted by Crippen LogP contribution is 2.19. The van der Waals surface area contributed by atoms with Crippen LogP contribution < -0.4 is 5.32 Å². The Balaban J connectivity index is 2.04. The molecule has 1 aliphatic heterocycles. The summed E-state index contributed by atoms with van der Waals surface area (Å²) in [6.07, 6.45) is 3.83. The van der Waals surface area contributed by atoms with Crippen LogP contribution in [0.25, 0.3) is 5.57 Å². The first-order valence-corrected chi connectivity index (χ1v) is 7.48. The number of nitrogens with zero attached hydrogens (tertiary/aromatic N) is 1. The van der Waals surface area contributed by atoms with Crippen molar-refractivity contribution in [3.63, 3.8) is 0 Å². The van der Waals surface area contributed by atoms with E-state index in [1.165, 1.54) is 12.1 Å². The first kappa shape index (κ1) is 15.7. The minimum atomic E-state index is -0.278. The van der Waals surface area contributed by atoms with Crippen molar-refractivity contribution in [3.8, 4) is 0 Å². The lowest BCUT2D eigenvalue weighted by atomic mass is 9.97. The topological polar surface area (TPSA) is 32.3 Å². The van der Waals surface area contributed by atoms with E-state index in [9.17, 15) is 9.18 Å². The summed E-state index contributed by atoms with van der Waals surface area (Å²) in [4.78, 5) is 14.2. The second kappa shape index (κ2) is 7.36.